The van der Waals surface area contributed by atoms with E-state index in [1.54, 1.807) is 29.2 Å². The fourth-order valence-corrected chi connectivity index (χ4v) is 2.94. The summed E-state index contributed by atoms with van der Waals surface area (Å²) >= 11 is 0. The van der Waals surface area contributed by atoms with E-state index in [0.29, 0.717) is 17.9 Å². The molecule has 1 amide bonds. The number of amides is 1. The van der Waals surface area contributed by atoms with Gasteiger partial charge >= 0.3 is 0 Å². The van der Waals surface area contributed by atoms with Crippen LogP contribution in [0, 0.1) is 0 Å². The van der Waals surface area contributed by atoms with Gasteiger partial charge in [-0.05, 0) is 49.6 Å². The highest BCUT2D eigenvalue weighted by Gasteiger charge is 2.24. The first kappa shape index (κ1) is 16.1. The molecule has 3 rings (SSSR count). The third kappa shape index (κ3) is 3.25. The van der Waals surface area contributed by atoms with Crippen LogP contribution in [0.5, 0.6) is 5.75 Å². The van der Waals surface area contributed by atoms with E-state index in [1.165, 1.54) is 6.92 Å². The molecule has 0 spiro atoms. The maximum atomic E-state index is 12.6. The van der Waals surface area contributed by atoms with Gasteiger partial charge in [0.15, 0.2) is 12.4 Å². The lowest BCUT2D eigenvalue weighted by Gasteiger charge is -2.30. The van der Waals surface area contributed by atoms with Crippen molar-refractivity contribution >= 4 is 23.1 Å². The van der Waals surface area contributed by atoms with Gasteiger partial charge in [-0.25, -0.2) is 0 Å². The number of ether oxygens (including phenoxy) is 1. The third-order valence-electron chi connectivity index (χ3n) is 4.19. The van der Waals surface area contributed by atoms with Crippen LogP contribution in [0.4, 0.5) is 11.4 Å². The van der Waals surface area contributed by atoms with E-state index in [4.69, 9.17) is 10.5 Å². The Morgan fingerprint density at radius 2 is 2.00 bits per heavy atom. The summed E-state index contributed by atoms with van der Waals surface area (Å²) < 4.78 is 5.58. The van der Waals surface area contributed by atoms with Crippen LogP contribution in [0.15, 0.2) is 42.5 Å². The van der Waals surface area contributed by atoms with Crippen LogP contribution in [-0.2, 0) is 11.2 Å². The molecular weight excluding hydrogens is 304 g/mol. The molecule has 124 valence electrons. The summed E-state index contributed by atoms with van der Waals surface area (Å²) in [6, 6.07) is 12.5. The van der Waals surface area contributed by atoms with Crippen molar-refractivity contribution in [2.75, 3.05) is 23.8 Å². The molecule has 2 aromatic carbocycles. The molecule has 24 heavy (non-hydrogen) atoms. The molecule has 2 N–H and O–H groups in total. The third-order valence-corrected chi connectivity index (χ3v) is 4.19. The largest absolute Gasteiger partial charge is 0.484 e. The van der Waals surface area contributed by atoms with Crippen LogP contribution in [0.2, 0.25) is 0 Å². The van der Waals surface area contributed by atoms with Crippen LogP contribution in [0.1, 0.15) is 29.3 Å². The number of fused-ring (bicyclic) bond motifs is 1. The topological polar surface area (TPSA) is 72.6 Å². The number of nitrogen functional groups attached to an aromatic ring is 1. The molecule has 0 aromatic heterocycles. The molecule has 0 saturated carbocycles. The maximum absolute atomic E-state index is 12.6. The van der Waals surface area contributed by atoms with Crippen molar-refractivity contribution in [1.82, 2.24) is 0 Å². The Kier molecular flexibility index (Phi) is 4.51. The number of hydrogen-bond acceptors (Lipinski definition) is 4. The second-order valence-electron chi connectivity index (χ2n) is 5.87. The Balaban J connectivity index is 1.72. The number of nitrogens with two attached hydrogens (primary N) is 1. The molecule has 5 heteroatoms. The Morgan fingerprint density at radius 3 is 2.79 bits per heavy atom. The molecule has 1 aliphatic heterocycles. The van der Waals surface area contributed by atoms with Gasteiger partial charge < -0.3 is 15.4 Å². The lowest BCUT2D eigenvalue weighted by molar-refractivity contribution is -0.120. The highest BCUT2D eigenvalue weighted by Crippen LogP contribution is 2.31. The number of benzene rings is 2. The summed E-state index contributed by atoms with van der Waals surface area (Å²) in [5, 5.41) is 0. The molecule has 2 aromatic rings. The maximum Gasteiger partial charge on any atom is 0.264 e. The zero-order valence-corrected chi connectivity index (χ0v) is 13.6. The minimum atomic E-state index is -0.116. The van der Waals surface area contributed by atoms with E-state index in [0.717, 1.165) is 29.8 Å². The molecule has 0 fully saturated rings. The van der Waals surface area contributed by atoms with Gasteiger partial charge in [-0.3, -0.25) is 9.59 Å². The Morgan fingerprint density at radius 1 is 1.21 bits per heavy atom. The predicted molar refractivity (Wildman–Crippen MR) is 93.5 cm³/mol. The van der Waals surface area contributed by atoms with Gasteiger partial charge in [0.2, 0.25) is 0 Å². The van der Waals surface area contributed by atoms with E-state index in [-0.39, 0.29) is 18.3 Å². The lowest BCUT2D eigenvalue weighted by atomic mass is 10.00. The van der Waals surface area contributed by atoms with E-state index >= 15 is 0 Å². The van der Waals surface area contributed by atoms with E-state index in [2.05, 4.69) is 0 Å². The van der Waals surface area contributed by atoms with Gasteiger partial charge in [-0.15, -0.1) is 0 Å². The van der Waals surface area contributed by atoms with Gasteiger partial charge in [0.25, 0.3) is 5.91 Å². The summed E-state index contributed by atoms with van der Waals surface area (Å²) in [5.41, 5.74) is 9.19. The molecule has 0 atom stereocenters. The Bertz CT molecular complexity index is 786. The summed E-state index contributed by atoms with van der Waals surface area (Å²) in [4.78, 5) is 25.7. The minimum absolute atomic E-state index is 0.0350. The second kappa shape index (κ2) is 6.74. The fourth-order valence-electron chi connectivity index (χ4n) is 2.94. The van der Waals surface area contributed by atoms with Crippen LogP contribution < -0.4 is 15.4 Å². The number of rotatable bonds is 4. The summed E-state index contributed by atoms with van der Waals surface area (Å²) in [5.74, 6) is 0.364. The number of hydrogen-bond donors (Lipinski definition) is 1. The van der Waals surface area contributed by atoms with Gasteiger partial charge in [0.05, 0.1) is 0 Å². The zero-order valence-electron chi connectivity index (χ0n) is 13.6. The van der Waals surface area contributed by atoms with Crippen LogP contribution in [0.3, 0.4) is 0 Å². The number of anilines is 2. The highest BCUT2D eigenvalue weighted by atomic mass is 16.5. The van der Waals surface area contributed by atoms with Crippen LogP contribution >= 0.6 is 0 Å². The van der Waals surface area contributed by atoms with Gasteiger partial charge in [0.1, 0.15) is 5.75 Å². The Labute approximate surface area is 141 Å². The molecule has 1 aliphatic rings. The number of nitrogens with zero attached hydrogens (tertiary/aromatic N) is 1. The van der Waals surface area contributed by atoms with Gasteiger partial charge in [0, 0.05) is 23.5 Å². The summed E-state index contributed by atoms with van der Waals surface area (Å²) in [6.45, 7) is 2.08. The zero-order chi connectivity index (χ0) is 17.1. The quantitative estimate of drug-likeness (QED) is 0.693. The average Bonchev–Trinajstić information content (AvgIpc) is 2.60. The molecule has 0 radical (unpaired) electrons. The minimum Gasteiger partial charge on any atom is -0.484 e. The number of carbonyl (C=O) groups excluding carboxylic acids is 2. The van der Waals surface area contributed by atoms with Gasteiger partial charge in [-0.1, -0.05) is 18.2 Å². The van der Waals surface area contributed by atoms with Crippen LogP contribution in [0.25, 0.3) is 0 Å². The predicted octanol–water partition coefficient (Wildman–Crippen LogP) is 2.83. The smallest absolute Gasteiger partial charge is 0.264 e. The molecule has 0 aliphatic carbocycles. The average molecular weight is 324 g/mol. The number of ketones is 1. The van der Waals surface area contributed by atoms with E-state index in [9.17, 15) is 9.59 Å². The monoisotopic (exact) mass is 324 g/mol. The highest BCUT2D eigenvalue weighted by molar-refractivity contribution is 5.96. The summed E-state index contributed by atoms with van der Waals surface area (Å²) in [6.07, 6.45) is 1.76. The standard InChI is InChI=1S/C19H20N2O3/c1-13(22)14-5-2-6-15(11-14)24-12-19(23)21-10-4-7-16-17(20)8-3-9-18(16)21/h2-3,5-6,8-9,11H,4,7,10,12,20H2,1H3. The summed E-state index contributed by atoms with van der Waals surface area (Å²) in [7, 11) is 0. The molecule has 0 bridgehead atoms. The lowest BCUT2D eigenvalue weighted by Crippen LogP contribution is -2.38. The molecule has 1 heterocycles. The first-order valence-electron chi connectivity index (χ1n) is 7.98. The van der Waals surface area contributed by atoms with Crippen molar-refractivity contribution in [3.05, 3.63) is 53.6 Å². The molecule has 0 unspecified atom stereocenters. The van der Waals surface area contributed by atoms with Gasteiger partial charge in [-0.2, -0.15) is 0 Å². The molecule has 5 nitrogen and oxygen atoms in total. The second-order valence-corrected chi connectivity index (χ2v) is 5.87. The number of carbonyl (C=O) groups is 2. The Hall–Kier alpha value is -2.82. The molecular formula is C19H20N2O3. The fraction of sp³-hybridized carbons (Fsp3) is 0.263. The first-order chi connectivity index (χ1) is 11.6. The van der Waals surface area contributed by atoms with Crippen molar-refractivity contribution in [2.24, 2.45) is 0 Å². The van der Waals surface area contributed by atoms with E-state index < -0.39 is 0 Å². The van der Waals surface area contributed by atoms with Crippen molar-refractivity contribution in [1.29, 1.82) is 0 Å². The van der Waals surface area contributed by atoms with E-state index in [1.807, 2.05) is 18.2 Å². The number of Topliss-reactive ketones (excluding diaryl/α,β-unsaturated/α-hetero) is 1. The van der Waals surface area contributed by atoms with Crippen LogP contribution in [-0.4, -0.2) is 24.8 Å². The molecule has 0 saturated heterocycles. The van der Waals surface area contributed by atoms with Crippen molar-refractivity contribution in [3.8, 4) is 5.75 Å². The SMILES string of the molecule is CC(=O)c1cccc(OCC(=O)N2CCCc3c(N)cccc32)c1. The first-order valence-corrected chi connectivity index (χ1v) is 7.98. The normalized spacial score (nSPS) is 13.3. The van der Waals surface area contributed by atoms with Crippen molar-refractivity contribution in [3.63, 3.8) is 0 Å². The van der Waals surface area contributed by atoms with Crippen molar-refractivity contribution < 1.29 is 14.3 Å². The van der Waals surface area contributed by atoms with Crippen molar-refractivity contribution in [2.45, 2.75) is 19.8 Å².